The van der Waals surface area contributed by atoms with Crippen molar-refractivity contribution in [2.45, 2.75) is 20.8 Å². The highest BCUT2D eigenvalue weighted by Gasteiger charge is 2.11. The number of nitrogens with zero attached hydrogens (tertiary/aromatic N) is 1. The van der Waals surface area contributed by atoms with Gasteiger partial charge in [0, 0.05) is 11.6 Å². The Morgan fingerprint density at radius 3 is 2.65 bits per heavy atom. The van der Waals surface area contributed by atoms with Crippen molar-refractivity contribution in [3.8, 4) is 0 Å². The van der Waals surface area contributed by atoms with Crippen molar-refractivity contribution < 1.29 is 9.32 Å². The molecule has 0 aliphatic carbocycles. The Labute approximate surface area is 99.6 Å². The number of rotatable bonds is 2. The van der Waals surface area contributed by atoms with Crippen molar-refractivity contribution in [3.63, 3.8) is 0 Å². The van der Waals surface area contributed by atoms with E-state index in [4.69, 9.17) is 4.52 Å². The molecule has 1 aromatic carbocycles. The van der Waals surface area contributed by atoms with E-state index >= 15 is 0 Å². The van der Waals surface area contributed by atoms with Crippen molar-refractivity contribution in [3.05, 3.63) is 46.7 Å². The molecule has 0 aliphatic heterocycles. The monoisotopic (exact) mass is 230 g/mol. The molecule has 0 saturated carbocycles. The van der Waals surface area contributed by atoms with E-state index in [1.165, 1.54) is 0 Å². The molecule has 0 atom stereocenters. The SMILES string of the molecule is Cc1ccc(C)c(C(=O)Nc2cc(C)on2)c1. The van der Waals surface area contributed by atoms with Crippen molar-refractivity contribution in [2.75, 3.05) is 5.32 Å². The smallest absolute Gasteiger partial charge is 0.257 e. The van der Waals surface area contributed by atoms with Crippen LogP contribution in [0.1, 0.15) is 27.2 Å². The van der Waals surface area contributed by atoms with Crippen LogP contribution < -0.4 is 5.32 Å². The molecule has 1 heterocycles. The maximum atomic E-state index is 12.0. The Kier molecular flexibility index (Phi) is 2.95. The molecule has 1 N–H and O–H groups in total. The summed E-state index contributed by atoms with van der Waals surface area (Å²) in [6, 6.07) is 7.45. The standard InChI is InChI=1S/C13H14N2O2/c1-8-4-5-9(2)11(6-8)13(16)14-12-7-10(3)17-15-12/h4-7H,1-3H3,(H,14,15,16). The van der Waals surface area contributed by atoms with Gasteiger partial charge in [0.05, 0.1) is 0 Å². The molecule has 0 saturated heterocycles. The number of amides is 1. The number of aromatic nitrogens is 1. The largest absolute Gasteiger partial charge is 0.360 e. The van der Waals surface area contributed by atoms with Gasteiger partial charge in [0.2, 0.25) is 0 Å². The lowest BCUT2D eigenvalue weighted by atomic mass is 10.1. The van der Waals surface area contributed by atoms with Gasteiger partial charge in [0.15, 0.2) is 5.82 Å². The third-order valence-corrected chi connectivity index (χ3v) is 2.51. The summed E-state index contributed by atoms with van der Waals surface area (Å²) < 4.78 is 4.89. The predicted molar refractivity (Wildman–Crippen MR) is 65.1 cm³/mol. The lowest BCUT2D eigenvalue weighted by molar-refractivity contribution is 0.102. The van der Waals surface area contributed by atoms with E-state index < -0.39 is 0 Å². The quantitative estimate of drug-likeness (QED) is 0.863. The maximum Gasteiger partial charge on any atom is 0.257 e. The minimum absolute atomic E-state index is 0.167. The molecule has 1 aromatic heterocycles. The Morgan fingerprint density at radius 1 is 1.24 bits per heavy atom. The summed E-state index contributed by atoms with van der Waals surface area (Å²) in [5, 5.41) is 6.43. The van der Waals surface area contributed by atoms with Crippen LogP contribution in [0.2, 0.25) is 0 Å². The van der Waals surface area contributed by atoms with Crippen LogP contribution in [-0.2, 0) is 0 Å². The Balaban J connectivity index is 2.22. The number of hydrogen-bond donors (Lipinski definition) is 1. The van der Waals surface area contributed by atoms with Gasteiger partial charge in [0.25, 0.3) is 5.91 Å². The summed E-state index contributed by atoms with van der Waals surface area (Å²) >= 11 is 0. The van der Waals surface area contributed by atoms with Gasteiger partial charge in [-0.25, -0.2) is 0 Å². The van der Waals surface area contributed by atoms with Crippen LogP contribution in [0.3, 0.4) is 0 Å². The molecule has 0 aliphatic rings. The van der Waals surface area contributed by atoms with Gasteiger partial charge in [-0.05, 0) is 32.4 Å². The van der Waals surface area contributed by atoms with Gasteiger partial charge in [-0.1, -0.05) is 22.9 Å². The van der Waals surface area contributed by atoms with Gasteiger partial charge < -0.3 is 9.84 Å². The van der Waals surface area contributed by atoms with E-state index in [0.29, 0.717) is 17.1 Å². The summed E-state index contributed by atoms with van der Waals surface area (Å²) in [6.07, 6.45) is 0. The molecule has 0 spiro atoms. The van der Waals surface area contributed by atoms with Crippen molar-refractivity contribution in [1.29, 1.82) is 0 Å². The number of aryl methyl sites for hydroxylation is 3. The molecule has 0 bridgehead atoms. The molecule has 2 aromatic rings. The first-order valence-electron chi connectivity index (χ1n) is 5.38. The number of anilines is 1. The van der Waals surface area contributed by atoms with Crippen molar-refractivity contribution in [1.82, 2.24) is 5.16 Å². The van der Waals surface area contributed by atoms with Gasteiger partial charge in [-0.15, -0.1) is 0 Å². The summed E-state index contributed by atoms with van der Waals surface area (Å²) in [5.74, 6) is 0.939. The average Bonchev–Trinajstić information content (AvgIpc) is 2.67. The molecular weight excluding hydrogens is 216 g/mol. The summed E-state index contributed by atoms with van der Waals surface area (Å²) in [5.41, 5.74) is 2.65. The van der Waals surface area contributed by atoms with Crippen molar-refractivity contribution in [2.24, 2.45) is 0 Å². The Bertz CT molecular complexity index is 558. The van der Waals surface area contributed by atoms with E-state index in [9.17, 15) is 4.79 Å². The van der Waals surface area contributed by atoms with Gasteiger partial charge in [0.1, 0.15) is 5.76 Å². The van der Waals surface area contributed by atoms with Crippen LogP contribution in [0, 0.1) is 20.8 Å². The Morgan fingerprint density at radius 2 is 2.00 bits per heavy atom. The molecule has 0 unspecified atom stereocenters. The Hall–Kier alpha value is -2.10. The minimum Gasteiger partial charge on any atom is -0.360 e. The lowest BCUT2D eigenvalue weighted by Gasteiger charge is -2.06. The summed E-state index contributed by atoms with van der Waals surface area (Å²) in [6.45, 7) is 5.64. The third kappa shape index (κ3) is 2.53. The molecule has 0 fully saturated rings. The second kappa shape index (κ2) is 4.41. The topological polar surface area (TPSA) is 55.1 Å². The number of benzene rings is 1. The van der Waals surface area contributed by atoms with E-state index in [1.807, 2.05) is 32.0 Å². The highest BCUT2D eigenvalue weighted by atomic mass is 16.5. The fourth-order valence-electron chi connectivity index (χ4n) is 1.59. The fourth-order valence-corrected chi connectivity index (χ4v) is 1.59. The van der Waals surface area contributed by atoms with Crippen LogP contribution in [0.15, 0.2) is 28.8 Å². The molecule has 2 rings (SSSR count). The third-order valence-electron chi connectivity index (χ3n) is 2.51. The van der Waals surface area contributed by atoms with E-state index in [0.717, 1.165) is 11.1 Å². The second-order valence-corrected chi connectivity index (χ2v) is 4.10. The summed E-state index contributed by atoms with van der Waals surface area (Å²) in [7, 11) is 0. The van der Waals surface area contributed by atoms with E-state index in [-0.39, 0.29) is 5.91 Å². The first-order valence-corrected chi connectivity index (χ1v) is 5.38. The number of nitrogens with one attached hydrogen (secondary N) is 1. The van der Waals surface area contributed by atoms with E-state index in [1.54, 1.807) is 13.0 Å². The first kappa shape index (κ1) is 11.4. The van der Waals surface area contributed by atoms with Crippen LogP contribution in [0.5, 0.6) is 0 Å². The van der Waals surface area contributed by atoms with Gasteiger partial charge in [-0.2, -0.15) is 0 Å². The first-order chi connectivity index (χ1) is 8.06. The number of carbonyl (C=O) groups is 1. The average molecular weight is 230 g/mol. The highest BCUT2D eigenvalue weighted by molar-refractivity contribution is 6.04. The van der Waals surface area contributed by atoms with Crippen LogP contribution >= 0.6 is 0 Å². The molecule has 4 nitrogen and oxygen atoms in total. The summed E-state index contributed by atoms with van der Waals surface area (Å²) in [4.78, 5) is 12.0. The van der Waals surface area contributed by atoms with Gasteiger partial charge >= 0.3 is 0 Å². The number of hydrogen-bond acceptors (Lipinski definition) is 3. The van der Waals surface area contributed by atoms with E-state index in [2.05, 4.69) is 10.5 Å². The zero-order valence-electron chi connectivity index (χ0n) is 10.1. The van der Waals surface area contributed by atoms with Crippen LogP contribution in [0.4, 0.5) is 5.82 Å². The molecule has 4 heteroatoms. The van der Waals surface area contributed by atoms with Crippen LogP contribution in [-0.4, -0.2) is 11.1 Å². The predicted octanol–water partition coefficient (Wildman–Crippen LogP) is 2.85. The molecular formula is C13H14N2O2. The van der Waals surface area contributed by atoms with Gasteiger partial charge in [-0.3, -0.25) is 4.79 Å². The lowest BCUT2D eigenvalue weighted by Crippen LogP contribution is -2.13. The maximum absolute atomic E-state index is 12.0. The fraction of sp³-hybridized carbons (Fsp3) is 0.231. The zero-order valence-corrected chi connectivity index (χ0v) is 10.1. The normalized spacial score (nSPS) is 10.3. The zero-order chi connectivity index (χ0) is 12.4. The van der Waals surface area contributed by atoms with Crippen molar-refractivity contribution >= 4 is 11.7 Å². The van der Waals surface area contributed by atoms with Crippen LogP contribution in [0.25, 0.3) is 0 Å². The molecule has 88 valence electrons. The molecule has 1 amide bonds. The molecule has 0 radical (unpaired) electrons. The number of carbonyl (C=O) groups excluding carboxylic acids is 1. The molecule has 17 heavy (non-hydrogen) atoms. The highest BCUT2D eigenvalue weighted by Crippen LogP contribution is 2.14. The second-order valence-electron chi connectivity index (χ2n) is 4.10. The minimum atomic E-state index is -0.167.